The molecule has 0 bridgehead atoms. The van der Waals surface area contributed by atoms with Gasteiger partial charge in [-0.2, -0.15) is 0 Å². The molecule has 170 valence electrons. The Balaban J connectivity index is 1.99. The standard InChI is InChI=1S/C20H27N3O7S/c1-14(2)30-20(26)11-16(15-5-3-4-6-17(15)23(27)28)21-18(24)12-31-13-19(25)22-7-9-29-10-8-22/h3-6,14,16H,7-13H2,1-2H3,(H,21,24). The molecule has 1 aromatic carbocycles. The molecule has 1 aromatic rings. The second-order valence-corrected chi connectivity index (χ2v) is 8.15. The van der Waals surface area contributed by atoms with E-state index in [4.69, 9.17) is 9.47 Å². The number of rotatable bonds is 10. The van der Waals surface area contributed by atoms with Crippen molar-refractivity contribution in [1.82, 2.24) is 10.2 Å². The molecular formula is C20H27N3O7S. The van der Waals surface area contributed by atoms with Crippen LogP contribution in [-0.2, 0) is 23.9 Å². The van der Waals surface area contributed by atoms with Crippen molar-refractivity contribution in [2.45, 2.75) is 32.4 Å². The monoisotopic (exact) mass is 453 g/mol. The Morgan fingerprint density at radius 3 is 2.55 bits per heavy atom. The summed E-state index contributed by atoms with van der Waals surface area (Å²) in [6.45, 7) is 5.45. The van der Waals surface area contributed by atoms with Crippen LogP contribution in [0.5, 0.6) is 0 Å². The fraction of sp³-hybridized carbons (Fsp3) is 0.550. The lowest BCUT2D eigenvalue weighted by molar-refractivity contribution is -0.385. The van der Waals surface area contributed by atoms with Crippen molar-refractivity contribution in [2.75, 3.05) is 37.8 Å². The van der Waals surface area contributed by atoms with E-state index >= 15 is 0 Å². The van der Waals surface area contributed by atoms with Crippen molar-refractivity contribution < 1.29 is 28.8 Å². The lowest BCUT2D eigenvalue weighted by atomic mass is 10.0. The van der Waals surface area contributed by atoms with Gasteiger partial charge in [0, 0.05) is 19.2 Å². The number of ether oxygens (including phenoxy) is 2. The first-order chi connectivity index (χ1) is 14.8. The van der Waals surface area contributed by atoms with Crippen molar-refractivity contribution in [3.8, 4) is 0 Å². The Hall–Kier alpha value is -2.66. The number of amides is 2. The molecule has 2 rings (SSSR count). The third kappa shape index (κ3) is 8.18. The number of hydrogen-bond donors (Lipinski definition) is 1. The molecule has 0 radical (unpaired) electrons. The van der Waals surface area contributed by atoms with E-state index in [-0.39, 0.29) is 41.2 Å². The topological polar surface area (TPSA) is 128 Å². The summed E-state index contributed by atoms with van der Waals surface area (Å²) < 4.78 is 10.3. The van der Waals surface area contributed by atoms with Gasteiger partial charge in [-0.3, -0.25) is 24.5 Å². The maximum Gasteiger partial charge on any atom is 0.308 e. The first-order valence-electron chi connectivity index (χ1n) is 9.93. The van der Waals surface area contributed by atoms with Gasteiger partial charge in [0.2, 0.25) is 11.8 Å². The number of nitro benzene ring substituents is 1. The van der Waals surface area contributed by atoms with E-state index in [1.165, 1.54) is 18.2 Å². The summed E-state index contributed by atoms with van der Waals surface area (Å²) in [7, 11) is 0. The quantitative estimate of drug-likeness (QED) is 0.322. The minimum atomic E-state index is -0.920. The second-order valence-electron chi connectivity index (χ2n) is 7.16. The number of nitrogens with one attached hydrogen (secondary N) is 1. The van der Waals surface area contributed by atoms with Crippen molar-refractivity contribution >= 4 is 35.2 Å². The molecule has 0 spiro atoms. The van der Waals surface area contributed by atoms with E-state index in [1.54, 1.807) is 24.8 Å². The summed E-state index contributed by atoms with van der Waals surface area (Å²) in [5.74, 6) is -0.962. The second kappa shape index (κ2) is 12.3. The van der Waals surface area contributed by atoms with Gasteiger partial charge in [0.15, 0.2) is 0 Å². The lowest BCUT2D eigenvalue weighted by Crippen LogP contribution is -2.41. The van der Waals surface area contributed by atoms with Crippen molar-refractivity contribution in [3.05, 3.63) is 39.9 Å². The van der Waals surface area contributed by atoms with E-state index in [0.717, 1.165) is 11.8 Å². The van der Waals surface area contributed by atoms with Gasteiger partial charge in [-0.05, 0) is 13.8 Å². The van der Waals surface area contributed by atoms with Gasteiger partial charge in [0.1, 0.15) is 0 Å². The maximum atomic E-state index is 12.5. The molecule has 0 saturated carbocycles. The molecule has 1 unspecified atom stereocenters. The number of thioether (sulfide) groups is 1. The third-order valence-corrected chi connectivity index (χ3v) is 5.32. The molecule has 10 nitrogen and oxygen atoms in total. The average Bonchev–Trinajstić information content (AvgIpc) is 2.73. The highest BCUT2D eigenvalue weighted by Crippen LogP contribution is 2.27. The van der Waals surface area contributed by atoms with Gasteiger partial charge in [0.25, 0.3) is 5.69 Å². The molecule has 1 aliphatic rings. The predicted molar refractivity (Wildman–Crippen MR) is 115 cm³/mol. The first-order valence-corrected chi connectivity index (χ1v) is 11.1. The maximum absolute atomic E-state index is 12.5. The minimum absolute atomic E-state index is 0.0214. The third-order valence-electron chi connectivity index (χ3n) is 4.40. The molecular weight excluding hydrogens is 426 g/mol. The normalized spacial score (nSPS) is 14.7. The van der Waals surface area contributed by atoms with Crippen LogP contribution >= 0.6 is 11.8 Å². The number of benzene rings is 1. The molecule has 1 saturated heterocycles. The van der Waals surface area contributed by atoms with Crippen LogP contribution in [0.3, 0.4) is 0 Å². The highest BCUT2D eigenvalue weighted by molar-refractivity contribution is 8.00. The lowest BCUT2D eigenvalue weighted by Gasteiger charge is -2.26. The van der Waals surface area contributed by atoms with Gasteiger partial charge in [0.05, 0.1) is 53.8 Å². The molecule has 1 N–H and O–H groups in total. The van der Waals surface area contributed by atoms with Crippen molar-refractivity contribution in [1.29, 1.82) is 0 Å². The fourth-order valence-electron chi connectivity index (χ4n) is 3.04. The Bertz CT molecular complexity index is 797. The molecule has 1 atom stereocenters. The Morgan fingerprint density at radius 2 is 1.90 bits per heavy atom. The molecule has 0 aromatic heterocycles. The van der Waals surface area contributed by atoms with E-state index in [9.17, 15) is 24.5 Å². The number of carbonyl (C=O) groups is 3. The Labute approximate surface area is 184 Å². The summed E-state index contributed by atoms with van der Waals surface area (Å²) in [4.78, 5) is 49.3. The van der Waals surface area contributed by atoms with Crippen LogP contribution in [0.4, 0.5) is 5.69 Å². The Kier molecular flexibility index (Phi) is 9.73. The summed E-state index contributed by atoms with van der Waals surface area (Å²) in [6.07, 6.45) is -0.594. The molecule has 1 aliphatic heterocycles. The summed E-state index contributed by atoms with van der Waals surface area (Å²) >= 11 is 1.15. The number of para-hydroxylation sites is 1. The number of nitro groups is 1. The van der Waals surface area contributed by atoms with Crippen LogP contribution in [0.25, 0.3) is 0 Å². The predicted octanol–water partition coefficient (Wildman–Crippen LogP) is 1.69. The largest absolute Gasteiger partial charge is 0.463 e. The van der Waals surface area contributed by atoms with Crippen LogP contribution < -0.4 is 5.32 Å². The summed E-state index contributed by atoms with van der Waals surface area (Å²) in [6, 6.07) is 5.01. The molecule has 11 heteroatoms. The van der Waals surface area contributed by atoms with Gasteiger partial charge < -0.3 is 19.7 Å². The van der Waals surface area contributed by atoms with E-state index in [0.29, 0.717) is 26.3 Å². The highest BCUT2D eigenvalue weighted by Gasteiger charge is 2.26. The van der Waals surface area contributed by atoms with E-state index in [2.05, 4.69) is 5.32 Å². The highest BCUT2D eigenvalue weighted by atomic mass is 32.2. The average molecular weight is 454 g/mol. The van der Waals surface area contributed by atoms with Crippen LogP contribution in [0, 0.1) is 10.1 Å². The van der Waals surface area contributed by atoms with Gasteiger partial charge in [-0.1, -0.05) is 18.2 Å². The molecule has 1 heterocycles. The summed E-state index contributed by atoms with van der Waals surface area (Å²) in [5.41, 5.74) is 0.0243. The zero-order valence-electron chi connectivity index (χ0n) is 17.6. The van der Waals surface area contributed by atoms with E-state index in [1.807, 2.05) is 0 Å². The van der Waals surface area contributed by atoms with E-state index < -0.39 is 22.8 Å². The van der Waals surface area contributed by atoms with Gasteiger partial charge in [-0.25, -0.2) is 0 Å². The number of esters is 1. The SMILES string of the molecule is CC(C)OC(=O)CC(NC(=O)CSCC(=O)N1CCOCC1)c1ccccc1[N+](=O)[O-]. The number of carbonyl (C=O) groups excluding carboxylic acids is 3. The van der Waals surface area contributed by atoms with Gasteiger partial charge >= 0.3 is 5.97 Å². The van der Waals surface area contributed by atoms with Gasteiger partial charge in [-0.15, -0.1) is 11.8 Å². The van der Waals surface area contributed by atoms with Crippen LogP contribution in [0.15, 0.2) is 24.3 Å². The first kappa shape index (κ1) is 24.6. The van der Waals surface area contributed by atoms with Crippen LogP contribution in [0.1, 0.15) is 31.9 Å². The number of nitrogens with zero attached hydrogens (tertiary/aromatic N) is 2. The van der Waals surface area contributed by atoms with Crippen LogP contribution in [0.2, 0.25) is 0 Å². The Morgan fingerprint density at radius 1 is 1.23 bits per heavy atom. The molecule has 2 amide bonds. The summed E-state index contributed by atoms with van der Waals surface area (Å²) in [5, 5.41) is 14.1. The molecule has 0 aliphatic carbocycles. The molecule has 1 fully saturated rings. The smallest absolute Gasteiger partial charge is 0.308 e. The number of hydrogen-bond acceptors (Lipinski definition) is 8. The number of morpholine rings is 1. The van der Waals surface area contributed by atoms with Crippen molar-refractivity contribution in [3.63, 3.8) is 0 Å². The van der Waals surface area contributed by atoms with Crippen molar-refractivity contribution in [2.24, 2.45) is 0 Å². The van der Waals surface area contributed by atoms with Crippen LogP contribution in [-0.4, -0.2) is 71.5 Å². The minimum Gasteiger partial charge on any atom is -0.463 e. The zero-order valence-corrected chi connectivity index (χ0v) is 18.4. The zero-order chi connectivity index (χ0) is 22.8. The fourth-order valence-corrected chi connectivity index (χ4v) is 3.76. The molecule has 31 heavy (non-hydrogen) atoms.